The summed E-state index contributed by atoms with van der Waals surface area (Å²) in [6.45, 7) is 3.40. The second-order valence-electron chi connectivity index (χ2n) is 1.68. The SMILES string of the molecule is CCOC(=O)CC(C)=O.[Ga]. The molecular weight excluding hydrogens is 190 g/mol. The van der Waals surface area contributed by atoms with Crippen molar-refractivity contribution in [1.82, 2.24) is 0 Å². The fourth-order valence-electron chi connectivity index (χ4n) is 0.415. The van der Waals surface area contributed by atoms with Crippen molar-refractivity contribution in [3.05, 3.63) is 0 Å². The van der Waals surface area contributed by atoms with E-state index in [0.717, 1.165) is 0 Å². The molecule has 10 heavy (non-hydrogen) atoms. The molecule has 4 heteroatoms. The van der Waals surface area contributed by atoms with Crippen LogP contribution in [0.2, 0.25) is 0 Å². The van der Waals surface area contributed by atoms with Crippen LogP contribution in [0.1, 0.15) is 20.3 Å². The zero-order valence-corrected chi connectivity index (χ0v) is 8.64. The van der Waals surface area contributed by atoms with Crippen molar-refractivity contribution in [3.63, 3.8) is 0 Å². The summed E-state index contributed by atoms with van der Waals surface area (Å²) in [5.74, 6) is -0.599. The molecule has 0 saturated heterocycles. The van der Waals surface area contributed by atoms with Crippen molar-refractivity contribution < 1.29 is 14.3 Å². The Labute approximate surface area is 73.2 Å². The molecule has 0 atom stereocenters. The first kappa shape index (κ1) is 12.5. The first-order chi connectivity index (χ1) is 4.16. The molecular formula is C6H10GaO3. The van der Waals surface area contributed by atoms with Crippen LogP contribution in [0.15, 0.2) is 0 Å². The van der Waals surface area contributed by atoms with E-state index in [1.54, 1.807) is 6.92 Å². The van der Waals surface area contributed by atoms with Crippen molar-refractivity contribution in [2.45, 2.75) is 20.3 Å². The van der Waals surface area contributed by atoms with E-state index in [0.29, 0.717) is 6.61 Å². The molecule has 0 saturated carbocycles. The van der Waals surface area contributed by atoms with Crippen LogP contribution in [-0.2, 0) is 14.3 Å². The monoisotopic (exact) mass is 199 g/mol. The number of rotatable bonds is 3. The van der Waals surface area contributed by atoms with Gasteiger partial charge in [0.1, 0.15) is 12.2 Å². The first-order valence-corrected chi connectivity index (χ1v) is 2.82. The van der Waals surface area contributed by atoms with Crippen LogP contribution in [0, 0.1) is 0 Å². The van der Waals surface area contributed by atoms with Crippen LogP contribution < -0.4 is 0 Å². The smallest absolute Gasteiger partial charge is 0.313 e. The van der Waals surface area contributed by atoms with Gasteiger partial charge in [-0.1, -0.05) is 0 Å². The van der Waals surface area contributed by atoms with Crippen LogP contribution in [-0.4, -0.2) is 38.1 Å². The third-order valence-corrected chi connectivity index (χ3v) is 0.699. The number of hydrogen-bond acceptors (Lipinski definition) is 3. The van der Waals surface area contributed by atoms with Crippen LogP contribution in [0.3, 0.4) is 0 Å². The summed E-state index contributed by atoms with van der Waals surface area (Å²) in [5.41, 5.74) is 0. The summed E-state index contributed by atoms with van der Waals surface area (Å²) < 4.78 is 4.49. The largest absolute Gasteiger partial charge is 0.466 e. The van der Waals surface area contributed by atoms with Gasteiger partial charge in [0.25, 0.3) is 0 Å². The Hall–Kier alpha value is -0.224. The first-order valence-electron chi connectivity index (χ1n) is 2.82. The van der Waals surface area contributed by atoms with Gasteiger partial charge >= 0.3 is 5.97 Å². The summed E-state index contributed by atoms with van der Waals surface area (Å²) in [7, 11) is 0. The van der Waals surface area contributed by atoms with E-state index in [4.69, 9.17) is 0 Å². The average molecular weight is 200 g/mol. The van der Waals surface area contributed by atoms with Gasteiger partial charge in [0.15, 0.2) is 0 Å². The molecule has 0 spiro atoms. The molecule has 3 nitrogen and oxygen atoms in total. The number of esters is 1. The number of ether oxygens (including phenoxy) is 1. The van der Waals surface area contributed by atoms with Crippen molar-refractivity contribution in [3.8, 4) is 0 Å². The minimum absolute atomic E-state index is 0. The predicted octanol–water partition coefficient (Wildman–Crippen LogP) is 0.148. The van der Waals surface area contributed by atoms with E-state index in [9.17, 15) is 9.59 Å². The van der Waals surface area contributed by atoms with Crippen molar-refractivity contribution in [2.75, 3.05) is 6.61 Å². The number of carbonyl (C=O) groups is 2. The summed E-state index contributed by atoms with van der Waals surface area (Å²) in [6, 6.07) is 0. The van der Waals surface area contributed by atoms with Gasteiger partial charge in [-0.2, -0.15) is 0 Å². The average Bonchev–Trinajstić information content (AvgIpc) is 1.63. The zero-order valence-electron chi connectivity index (χ0n) is 6.22. The Morgan fingerprint density at radius 3 is 2.20 bits per heavy atom. The van der Waals surface area contributed by atoms with Gasteiger partial charge in [0.05, 0.1) is 6.61 Å². The van der Waals surface area contributed by atoms with Crippen LogP contribution >= 0.6 is 0 Å². The van der Waals surface area contributed by atoms with Crippen molar-refractivity contribution in [1.29, 1.82) is 0 Å². The second-order valence-corrected chi connectivity index (χ2v) is 1.68. The van der Waals surface area contributed by atoms with E-state index >= 15 is 0 Å². The second kappa shape index (κ2) is 6.89. The van der Waals surface area contributed by atoms with Gasteiger partial charge in [-0.05, 0) is 13.8 Å². The Kier molecular flexibility index (Phi) is 8.58. The third-order valence-electron chi connectivity index (χ3n) is 0.699. The topological polar surface area (TPSA) is 43.4 Å². The molecule has 0 aliphatic carbocycles. The fraction of sp³-hybridized carbons (Fsp3) is 0.667. The molecule has 0 aromatic carbocycles. The molecule has 0 rings (SSSR count). The maximum absolute atomic E-state index is 10.4. The summed E-state index contributed by atoms with van der Waals surface area (Å²) in [4.78, 5) is 20.6. The maximum atomic E-state index is 10.4. The van der Waals surface area contributed by atoms with Gasteiger partial charge in [0, 0.05) is 19.8 Å². The third kappa shape index (κ3) is 7.78. The normalized spacial score (nSPS) is 7.80. The number of Topliss-reactive ketones (excluding diaryl/α,β-unsaturated/α-hetero) is 1. The van der Waals surface area contributed by atoms with Gasteiger partial charge in [0.2, 0.25) is 0 Å². The minimum atomic E-state index is -0.440. The van der Waals surface area contributed by atoms with Gasteiger partial charge in [-0.3, -0.25) is 9.59 Å². The molecule has 0 aromatic heterocycles. The van der Waals surface area contributed by atoms with E-state index in [1.807, 2.05) is 0 Å². The molecule has 0 bridgehead atoms. The molecule has 0 heterocycles. The molecule has 55 valence electrons. The van der Waals surface area contributed by atoms with Crippen LogP contribution in [0.25, 0.3) is 0 Å². The molecule has 0 N–H and O–H groups in total. The van der Waals surface area contributed by atoms with Gasteiger partial charge < -0.3 is 4.74 Å². The van der Waals surface area contributed by atoms with E-state index in [-0.39, 0.29) is 32.0 Å². The Morgan fingerprint density at radius 1 is 1.40 bits per heavy atom. The summed E-state index contributed by atoms with van der Waals surface area (Å²) in [6.07, 6.45) is -0.103. The van der Waals surface area contributed by atoms with E-state index in [1.165, 1.54) is 6.92 Å². The fourth-order valence-corrected chi connectivity index (χ4v) is 0.415. The Morgan fingerprint density at radius 2 is 1.90 bits per heavy atom. The van der Waals surface area contributed by atoms with Crippen molar-refractivity contribution in [2.24, 2.45) is 0 Å². The summed E-state index contributed by atoms with van der Waals surface area (Å²) >= 11 is 0. The van der Waals surface area contributed by atoms with Crippen molar-refractivity contribution >= 4 is 31.5 Å². The van der Waals surface area contributed by atoms with Gasteiger partial charge in [-0.15, -0.1) is 0 Å². The predicted molar refractivity (Wildman–Crippen MR) is 37.7 cm³/mol. The molecule has 0 aliphatic rings. The molecule has 0 amide bonds. The number of ketones is 1. The molecule has 0 unspecified atom stereocenters. The van der Waals surface area contributed by atoms with E-state index in [2.05, 4.69) is 4.74 Å². The maximum Gasteiger partial charge on any atom is 0.313 e. The molecule has 0 aromatic rings. The zero-order chi connectivity index (χ0) is 7.28. The Balaban J connectivity index is 0. The summed E-state index contributed by atoms with van der Waals surface area (Å²) in [5, 5.41) is 0. The minimum Gasteiger partial charge on any atom is -0.466 e. The van der Waals surface area contributed by atoms with E-state index < -0.39 is 5.97 Å². The van der Waals surface area contributed by atoms with Gasteiger partial charge in [-0.25, -0.2) is 0 Å². The van der Waals surface area contributed by atoms with Crippen LogP contribution in [0.4, 0.5) is 0 Å². The quantitative estimate of drug-likeness (QED) is 0.369. The number of hydrogen-bond donors (Lipinski definition) is 0. The molecule has 3 radical (unpaired) electrons. The Bertz CT molecular complexity index is 122. The van der Waals surface area contributed by atoms with Crippen LogP contribution in [0.5, 0.6) is 0 Å². The molecule has 0 aliphatic heterocycles. The number of carbonyl (C=O) groups excluding carboxylic acids is 2. The standard InChI is InChI=1S/C6H10O3.Ga/c1-3-9-6(8)4-5(2)7;/h3-4H2,1-2H3;. The molecule has 0 fully saturated rings.